The van der Waals surface area contributed by atoms with Crippen LogP contribution in [0.5, 0.6) is 0 Å². The molecular weight excluding hydrogens is 152 g/mol. The Bertz CT molecular complexity index is 222. The zero-order chi connectivity index (χ0) is 7.56. The number of aromatic nitrogens is 2. The second-order valence-corrected chi connectivity index (χ2v) is 2.44. The molecule has 0 aliphatic heterocycles. The van der Waals surface area contributed by atoms with Gasteiger partial charge < -0.3 is 5.11 Å². The molecule has 0 radical (unpaired) electrons. The Hall–Kier alpha value is -0.540. The summed E-state index contributed by atoms with van der Waals surface area (Å²) < 4.78 is 1.57. The van der Waals surface area contributed by atoms with Crippen LogP contribution in [0.2, 0.25) is 5.15 Å². The van der Waals surface area contributed by atoms with Crippen LogP contribution in [-0.2, 0) is 6.54 Å². The van der Waals surface area contributed by atoms with Crippen LogP contribution in [0.1, 0.15) is 5.69 Å². The third kappa shape index (κ3) is 1.49. The first-order chi connectivity index (χ1) is 4.74. The molecule has 1 aromatic heterocycles. The van der Waals surface area contributed by atoms with Gasteiger partial charge in [-0.15, -0.1) is 0 Å². The summed E-state index contributed by atoms with van der Waals surface area (Å²) in [5.41, 5.74) is 0.874. The summed E-state index contributed by atoms with van der Waals surface area (Å²) in [7, 11) is 0. The van der Waals surface area contributed by atoms with Crippen LogP contribution in [-0.4, -0.2) is 21.5 Å². The molecule has 4 heteroatoms. The molecular formula is C6H9ClN2O. The Labute approximate surface area is 64.2 Å². The van der Waals surface area contributed by atoms with Gasteiger partial charge in [0.15, 0.2) is 0 Å². The van der Waals surface area contributed by atoms with E-state index < -0.39 is 0 Å². The van der Waals surface area contributed by atoms with Crippen LogP contribution in [0.15, 0.2) is 6.07 Å². The molecule has 0 amide bonds. The Kier molecular flexibility index (Phi) is 2.29. The van der Waals surface area contributed by atoms with Crippen LogP contribution in [0.25, 0.3) is 0 Å². The van der Waals surface area contributed by atoms with Crippen LogP contribution in [0.3, 0.4) is 0 Å². The lowest BCUT2D eigenvalue weighted by Crippen LogP contribution is -2.03. The Balaban J connectivity index is 2.81. The van der Waals surface area contributed by atoms with Crippen molar-refractivity contribution < 1.29 is 5.11 Å². The first-order valence-corrected chi connectivity index (χ1v) is 3.42. The number of aryl methyl sites for hydroxylation is 1. The molecule has 3 nitrogen and oxygen atoms in total. The van der Waals surface area contributed by atoms with E-state index in [1.807, 2.05) is 6.92 Å². The van der Waals surface area contributed by atoms with Crippen molar-refractivity contribution in [3.8, 4) is 0 Å². The monoisotopic (exact) mass is 160 g/mol. The molecule has 56 valence electrons. The van der Waals surface area contributed by atoms with Crippen molar-refractivity contribution >= 4 is 11.6 Å². The quantitative estimate of drug-likeness (QED) is 0.696. The highest BCUT2D eigenvalue weighted by Crippen LogP contribution is 2.08. The van der Waals surface area contributed by atoms with E-state index in [1.165, 1.54) is 0 Å². The highest BCUT2D eigenvalue weighted by atomic mass is 35.5. The normalized spacial score (nSPS) is 10.3. The molecule has 0 aliphatic rings. The zero-order valence-electron chi connectivity index (χ0n) is 5.71. The topological polar surface area (TPSA) is 38.0 Å². The summed E-state index contributed by atoms with van der Waals surface area (Å²) in [4.78, 5) is 0. The summed E-state index contributed by atoms with van der Waals surface area (Å²) in [6, 6.07) is 1.76. The van der Waals surface area contributed by atoms with Crippen molar-refractivity contribution in [3.05, 3.63) is 16.9 Å². The van der Waals surface area contributed by atoms with Crippen molar-refractivity contribution in [1.29, 1.82) is 0 Å². The van der Waals surface area contributed by atoms with Gasteiger partial charge >= 0.3 is 0 Å². The van der Waals surface area contributed by atoms with E-state index in [1.54, 1.807) is 10.7 Å². The average Bonchev–Trinajstić information content (AvgIpc) is 2.13. The summed E-state index contributed by atoms with van der Waals surface area (Å²) in [6.07, 6.45) is 0. The van der Waals surface area contributed by atoms with Gasteiger partial charge in [0.25, 0.3) is 0 Å². The molecule has 0 bridgehead atoms. The molecule has 0 aliphatic carbocycles. The SMILES string of the molecule is Cc1cc(Cl)n(CCO)n1. The number of halogens is 1. The standard InChI is InChI=1S/C6H9ClN2O/c1-5-4-6(7)9(8-5)2-3-10/h4,10H,2-3H2,1H3. The van der Waals surface area contributed by atoms with Crippen LogP contribution in [0.4, 0.5) is 0 Å². The molecule has 1 heterocycles. The van der Waals surface area contributed by atoms with Gasteiger partial charge in [0.1, 0.15) is 5.15 Å². The van der Waals surface area contributed by atoms with Gasteiger partial charge in [0.05, 0.1) is 18.8 Å². The number of nitrogens with zero attached hydrogens (tertiary/aromatic N) is 2. The number of aliphatic hydroxyl groups excluding tert-OH is 1. The molecule has 1 rings (SSSR count). The van der Waals surface area contributed by atoms with Gasteiger partial charge in [-0.3, -0.25) is 4.68 Å². The molecule has 0 saturated carbocycles. The molecule has 1 N–H and O–H groups in total. The molecule has 0 atom stereocenters. The average molecular weight is 161 g/mol. The van der Waals surface area contributed by atoms with Gasteiger partial charge in [-0.25, -0.2) is 0 Å². The van der Waals surface area contributed by atoms with E-state index in [2.05, 4.69) is 5.10 Å². The number of aliphatic hydroxyl groups is 1. The summed E-state index contributed by atoms with van der Waals surface area (Å²) in [5, 5.41) is 13.1. The second-order valence-electron chi connectivity index (χ2n) is 2.06. The molecule has 0 fully saturated rings. The van der Waals surface area contributed by atoms with Crippen molar-refractivity contribution in [2.45, 2.75) is 13.5 Å². The number of hydrogen-bond donors (Lipinski definition) is 1. The first-order valence-electron chi connectivity index (χ1n) is 3.05. The molecule has 1 aromatic rings. The number of hydrogen-bond acceptors (Lipinski definition) is 2. The third-order valence-electron chi connectivity index (χ3n) is 1.16. The Morgan fingerprint density at radius 3 is 2.90 bits per heavy atom. The predicted molar refractivity (Wildman–Crippen MR) is 39.1 cm³/mol. The zero-order valence-corrected chi connectivity index (χ0v) is 6.47. The van der Waals surface area contributed by atoms with Gasteiger partial charge in [0, 0.05) is 0 Å². The minimum absolute atomic E-state index is 0.0703. The Morgan fingerprint density at radius 1 is 1.80 bits per heavy atom. The Morgan fingerprint density at radius 2 is 2.50 bits per heavy atom. The molecule has 0 spiro atoms. The smallest absolute Gasteiger partial charge is 0.127 e. The second kappa shape index (κ2) is 3.03. The van der Waals surface area contributed by atoms with Gasteiger partial charge in [-0.2, -0.15) is 5.10 Å². The van der Waals surface area contributed by atoms with Crippen LogP contribution in [0, 0.1) is 6.92 Å². The first kappa shape index (κ1) is 7.57. The van der Waals surface area contributed by atoms with Crippen molar-refractivity contribution in [3.63, 3.8) is 0 Å². The van der Waals surface area contributed by atoms with Crippen molar-refractivity contribution in [1.82, 2.24) is 9.78 Å². The minimum Gasteiger partial charge on any atom is -0.394 e. The highest BCUT2D eigenvalue weighted by Gasteiger charge is 1.99. The maximum absolute atomic E-state index is 8.53. The molecule has 0 saturated heterocycles. The maximum Gasteiger partial charge on any atom is 0.127 e. The van der Waals surface area contributed by atoms with Crippen LogP contribution < -0.4 is 0 Å². The summed E-state index contributed by atoms with van der Waals surface area (Å²) >= 11 is 5.71. The predicted octanol–water partition coefficient (Wildman–Crippen LogP) is 0.837. The lowest BCUT2D eigenvalue weighted by molar-refractivity contribution is 0.269. The van der Waals surface area contributed by atoms with E-state index in [0.29, 0.717) is 11.7 Å². The largest absolute Gasteiger partial charge is 0.394 e. The fourth-order valence-electron chi connectivity index (χ4n) is 0.765. The van der Waals surface area contributed by atoms with E-state index in [0.717, 1.165) is 5.69 Å². The lowest BCUT2D eigenvalue weighted by atomic mass is 10.5. The van der Waals surface area contributed by atoms with Crippen molar-refractivity contribution in [2.24, 2.45) is 0 Å². The minimum atomic E-state index is 0.0703. The molecule has 0 unspecified atom stereocenters. The molecule has 0 aromatic carbocycles. The third-order valence-corrected chi connectivity index (χ3v) is 1.47. The fourth-order valence-corrected chi connectivity index (χ4v) is 1.05. The highest BCUT2D eigenvalue weighted by molar-refractivity contribution is 6.29. The van der Waals surface area contributed by atoms with Gasteiger partial charge in [-0.05, 0) is 13.0 Å². The lowest BCUT2D eigenvalue weighted by Gasteiger charge is -1.96. The maximum atomic E-state index is 8.53. The molecule has 10 heavy (non-hydrogen) atoms. The van der Waals surface area contributed by atoms with E-state index in [-0.39, 0.29) is 6.61 Å². The van der Waals surface area contributed by atoms with Gasteiger partial charge in [0.2, 0.25) is 0 Å². The van der Waals surface area contributed by atoms with Crippen LogP contribution >= 0.6 is 11.6 Å². The number of rotatable bonds is 2. The van der Waals surface area contributed by atoms with E-state index in [4.69, 9.17) is 16.7 Å². The fraction of sp³-hybridized carbons (Fsp3) is 0.500. The van der Waals surface area contributed by atoms with E-state index >= 15 is 0 Å². The summed E-state index contributed by atoms with van der Waals surface area (Å²) in [5.74, 6) is 0. The van der Waals surface area contributed by atoms with Gasteiger partial charge in [-0.1, -0.05) is 11.6 Å². The summed E-state index contributed by atoms with van der Waals surface area (Å²) in [6.45, 7) is 2.40. The van der Waals surface area contributed by atoms with Crippen molar-refractivity contribution in [2.75, 3.05) is 6.61 Å². The van der Waals surface area contributed by atoms with E-state index in [9.17, 15) is 0 Å².